The van der Waals surface area contributed by atoms with E-state index in [0.717, 1.165) is 31.0 Å². The van der Waals surface area contributed by atoms with Gasteiger partial charge in [-0.15, -0.1) is 0 Å². The number of hydrogen-bond acceptors (Lipinski definition) is 2. The Kier molecular flexibility index (Phi) is 6.37. The standard InChI is InChI=1S/C14H30N2/c1-12(2)10-13-6-5-7-14(11-13)15-8-9-16(3)4/h12-15H,5-11H2,1-4H3. The van der Waals surface area contributed by atoms with Gasteiger partial charge in [0.15, 0.2) is 0 Å². The molecule has 2 unspecified atom stereocenters. The summed E-state index contributed by atoms with van der Waals surface area (Å²) in [5.41, 5.74) is 0. The van der Waals surface area contributed by atoms with Gasteiger partial charge >= 0.3 is 0 Å². The zero-order valence-electron chi connectivity index (χ0n) is 11.6. The quantitative estimate of drug-likeness (QED) is 0.749. The van der Waals surface area contributed by atoms with Gasteiger partial charge in [0.05, 0.1) is 0 Å². The molecule has 96 valence electrons. The first-order valence-corrected chi connectivity index (χ1v) is 6.96. The molecule has 1 aliphatic carbocycles. The van der Waals surface area contributed by atoms with Crippen LogP contribution in [0.4, 0.5) is 0 Å². The minimum absolute atomic E-state index is 0.789. The Morgan fingerprint density at radius 1 is 1.25 bits per heavy atom. The summed E-state index contributed by atoms with van der Waals surface area (Å²) in [4.78, 5) is 2.25. The molecule has 0 amide bonds. The van der Waals surface area contributed by atoms with Crippen LogP contribution >= 0.6 is 0 Å². The smallest absolute Gasteiger partial charge is 0.0101 e. The van der Waals surface area contributed by atoms with E-state index in [4.69, 9.17) is 0 Å². The third-order valence-electron chi connectivity index (χ3n) is 3.58. The van der Waals surface area contributed by atoms with Crippen molar-refractivity contribution in [1.82, 2.24) is 10.2 Å². The lowest BCUT2D eigenvalue weighted by Crippen LogP contribution is -2.38. The molecule has 0 aromatic rings. The van der Waals surface area contributed by atoms with Crippen molar-refractivity contribution >= 4 is 0 Å². The maximum absolute atomic E-state index is 3.71. The van der Waals surface area contributed by atoms with Gasteiger partial charge in [-0.2, -0.15) is 0 Å². The summed E-state index contributed by atoms with van der Waals surface area (Å²) in [5.74, 6) is 1.84. The average molecular weight is 226 g/mol. The van der Waals surface area contributed by atoms with E-state index in [2.05, 4.69) is 38.2 Å². The van der Waals surface area contributed by atoms with Crippen molar-refractivity contribution in [2.24, 2.45) is 11.8 Å². The highest BCUT2D eigenvalue weighted by Gasteiger charge is 2.21. The van der Waals surface area contributed by atoms with Crippen LogP contribution in [0.25, 0.3) is 0 Å². The minimum atomic E-state index is 0.789. The van der Waals surface area contributed by atoms with Gasteiger partial charge in [-0.3, -0.25) is 0 Å². The highest BCUT2D eigenvalue weighted by atomic mass is 15.1. The van der Waals surface area contributed by atoms with Gasteiger partial charge in [-0.05, 0) is 45.2 Å². The molecule has 1 fully saturated rings. The predicted octanol–water partition coefficient (Wildman–Crippen LogP) is 2.74. The van der Waals surface area contributed by atoms with Gasteiger partial charge in [0.1, 0.15) is 0 Å². The van der Waals surface area contributed by atoms with Gasteiger partial charge in [0, 0.05) is 19.1 Å². The molecule has 0 bridgehead atoms. The van der Waals surface area contributed by atoms with Crippen LogP contribution in [0.15, 0.2) is 0 Å². The molecule has 0 aromatic carbocycles. The molecule has 1 aliphatic rings. The van der Waals surface area contributed by atoms with E-state index < -0.39 is 0 Å². The van der Waals surface area contributed by atoms with E-state index in [1.54, 1.807) is 0 Å². The molecule has 0 spiro atoms. The van der Waals surface area contributed by atoms with Gasteiger partial charge < -0.3 is 10.2 Å². The van der Waals surface area contributed by atoms with Crippen LogP contribution in [0, 0.1) is 11.8 Å². The Morgan fingerprint density at radius 2 is 2.00 bits per heavy atom. The van der Waals surface area contributed by atoms with E-state index in [1.807, 2.05) is 0 Å². The van der Waals surface area contributed by atoms with E-state index >= 15 is 0 Å². The first-order valence-electron chi connectivity index (χ1n) is 6.96. The highest BCUT2D eigenvalue weighted by Crippen LogP contribution is 2.29. The van der Waals surface area contributed by atoms with Crippen LogP contribution in [-0.4, -0.2) is 38.1 Å². The van der Waals surface area contributed by atoms with Crippen LogP contribution in [0.1, 0.15) is 46.0 Å². The molecule has 2 atom stereocenters. The van der Waals surface area contributed by atoms with Crippen molar-refractivity contribution in [1.29, 1.82) is 0 Å². The Labute approximate surface area is 102 Å². The lowest BCUT2D eigenvalue weighted by atomic mass is 9.81. The summed E-state index contributed by atoms with van der Waals surface area (Å²) in [5, 5.41) is 3.71. The maximum Gasteiger partial charge on any atom is 0.0101 e. The van der Waals surface area contributed by atoms with Gasteiger partial charge in [0.25, 0.3) is 0 Å². The van der Waals surface area contributed by atoms with Crippen molar-refractivity contribution in [2.75, 3.05) is 27.2 Å². The molecular formula is C14H30N2. The third kappa shape index (κ3) is 5.86. The predicted molar refractivity (Wildman–Crippen MR) is 71.8 cm³/mol. The fraction of sp³-hybridized carbons (Fsp3) is 1.00. The normalized spacial score (nSPS) is 26.6. The van der Waals surface area contributed by atoms with Crippen LogP contribution < -0.4 is 5.32 Å². The zero-order valence-corrected chi connectivity index (χ0v) is 11.6. The SMILES string of the molecule is CC(C)CC1CCCC(NCCN(C)C)C1. The lowest BCUT2D eigenvalue weighted by Gasteiger charge is -2.31. The molecule has 0 radical (unpaired) electrons. The minimum Gasteiger partial charge on any atom is -0.313 e. The fourth-order valence-electron chi connectivity index (χ4n) is 2.85. The Morgan fingerprint density at radius 3 is 2.62 bits per heavy atom. The van der Waals surface area contributed by atoms with E-state index in [0.29, 0.717) is 0 Å². The molecule has 0 aromatic heterocycles. The summed E-state index contributed by atoms with van der Waals surface area (Å²) in [6, 6.07) is 0.789. The summed E-state index contributed by atoms with van der Waals surface area (Å²) < 4.78 is 0. The molecular weight excluding hydrogens is 196 g/mol. The Balaban J connectivity index is 2.17. The summed E-state index contributed by atoms with van der Waals surface area (Å²) in [6.45, 7) is 7.00. The summed E-state index contributed by atoms with van der Waals surface area (Å²) >= 11 is 0. The van der Waals surface area contributed by atoms with E-state index in [1.165, 1.54) is 32.1 Å². The first kappa shape index (κ1) is 14.0. The molecule has 2 heteroatoms. The average Bonchev–Trinajstić information content (AvgIpc) is 2.16. The first-order chi connectivity index (χ1) is 7.58. The summed E-state index contributed by atoms with van der Waals surface area (Å²) in [7, 11) is 4.29. The highest BCUT2D eigenvalue weighted by molar-refractivity contribution is 4.78. The number of rotatable bonds is 6. The number of nitrogens with one attached hydrogen (secondary N) is 1. The number of hydrogen-bond donors (Lipinski definition) is 1. The van der Waals surface area contributed by atoms with Crippen LogP contribution in [0.5, 0.6) is 0 Å². The topological polar surface area (TPSA) is 15.3 Å². The molecule has 1 saturated carbocycles. The molecule has 16 heavy (non-hydrogen) atoms. The Bertz CT molecular complexity index is 178. The largest absolute Gasteiger partial charge is 0.313 e. The second kappa shape index (κ2) is 7.29. The second-order valence-corrected chi connectivity index (χ2v) is 6.12. The van der Waals surface area contributed by atoms with Crippen LogP contribution in [0.2, 0.25) is 0 Å². The van der Waals surface area contributed by atoms with Crippen molar-refractivity contribution in [3.05, 3.63) is 0 Å². The molecule has 1 N–H and O–H groups in total. The third-order valence-corrected chi connectivity index (χ3v) is 3.58. The van der Waals surface area contributed by atoms with Gasteiger partial charge in [0.2, 0.25) is 0 Å². The van der Waals surface area contributed by atoms with Crippen LogP contribution in [-0.2, 0) is 0 Å². The maximum atomic E-state index is 3.71. The molecule has 0 saturated heterocycles. The second-order valence-electron chi connectivity index (χ2n) is 6.12. The molecule has 2 nitrogen and oxygen atoms in total. The molecule has 1 rings (SSSR count). The van der Waals surface area contributed by atoms with Crippen molar-refractivity contribution in [3.8, 4) is 0 Å². The zero-order chi connectivity index (χ0) is 12.0. The lowest BCUT2D eigenvalue weighted by molar-refractivity contribution is 0.248. The Hall–Kier alpha value is -0.0800. The van der Waals surface area contributed by atoms with Gasteiger partial charge in [-0.1, -0.05) is 26.7 Å². The molecule has 0 heterocycles. The summed E-state index contributed by atoms with van der Waals surface area (Å²) in [6.07, 6.45) is 7.11. The fourth-order valence-corrected chi connectivity index (χ4v) is 2.85. The van der Waals surface area contributed by atoms with E-state index in [9.17, 15) is 0 Å². The number of nitrogens with zero attached hydrogens (tertiary/aromatic N) is 1. The van der Waals surface area contributed by atoms with Crippen LogP contribution in [0.3, 0.4) is 0 Å². The van der Waals surface area contributed by atoms with Crippen molar-refractivity contribution in [2.45, 2.75) is 52.0 Å². The van der Waals surface area contributed by atoms with Crippen molar-refractivity contribution < 1.29 is 0 Å². The van der Waals surface area contributed by atoms with Gasteiger partial charge in [-0.25, -0.2) is 0 Å². The van der Waals surface area contributed by atoms with Crippen molar-refractivity contribution in [3.63, 3.8) is 0 Å². The number of likely N-dealkylation sites (N-methyl/N-ethyl adjacent to an activating group) is 1. The monoisotopic (exact) mass is 226 g/mol. The van der Waals surface area contributed by atoms with E-state index in [-0.39, 0.29) is 0 Å². The molecule has 0 aliphatic heterocycles.